The lowest BCUT2D eigenvalue weighted by Crippen LogP contribution is -2.61. The molecule has 408 valence electrons. The predicted molar refractivity (Wildman–Crippen MR) is 279 cm³/mol. The Morgan fingerprint density at radius 2 is 1.03 bits per heavy atom. The summed E-state index contributed by atoms with van der Waals surface area (Å²) in [4.78, 5) is 137. The van der Waals surface area contributed by atoms with Crippen LogP contribution in [0.1, 0.15) is 77.8 Å². The second kappa shape index (κ2) is 32.7. The summed E-state index contributed by atoms with van der Waals surface area (Å²) in [7, 11) is 0. The number of amides is 9. The highest BCUT2D eigenvalue weighted by atomic mass is 32.2. The van der Waals surface area contributed by atoms with Crippen molar-refractivity contribution in [3.05, 3.63) is 71.8 Å². The highest BCUT2D eigenvalue weighted by Gasteiger charge is 2.35. The molecule has 0 radical (unpaired) electrons. The van der Waals surface area contributed by atoms with Crippen LogP contribution < -0.4 is 65.5 Å². The summed E-state index contributed by atoms with van der Waals surface area (Å²) in [5.74, 6) is -9.05. The van der Waals surface area contributed by atoms with Crippen LogP contribution in [0.5, 0.6) is 0 Å². The lowest BCUT2D eigenvalue weighted by atomic mass is 9.99. The second-order valence-electron chi connectivity index (χ2n) is 18.3. The quantitative estimate of drug-likeness (QED) is 0.0205. The van der Waals surface area contributed by atoms with Gasteiger partial charge in [-0.05, 0) is 67.6 Å². The van der Waals surface area contributed by atoms with Gasteiger partial charge in [-0.2, -0.15) is 11.8 Å². The zero-order chi connectivity index (χ0) is 55.5. The third-order valence-electron chi connectivity index (χ3n) is 11.4. The number of nitrogens with one attached hydrogen (secondary N) is 8. The molecule has 0 saturated carbocycles. The van der Waals surface area contributed by atoms with Crippen LogP contribution in [-0.2, 0) is 60.8 Å². The summed E-state index contributed by atoms with van der Waals surface area (Å²) in [5, 5.41) is 29.8. The zero-order valence-corrected chi connectivity index (χ0v) is 43.6. The monoisotopic (exact) mass is 1050 g/mol. The topological polar surface area (TPSA) is 404 Å². The maximum Gasteiger partial charge on any atom is 0.325 e. The summed E-state index contributed by atoms with van der Waals surface area (Å²) in [6.07, 6.45) is 1.25. The van der Waals surface area contributed by atoms with Gasteiger partial charge in [0.05, 0.1) is 12.6 Å². The average Bonchev–Trinajstić information content (AvgIpc) is 3.34. The highest BCUT2D eigenvalue weighted by Crippen LogP contribution is 2.12. The zero-order valence-electron chi connectivity index (χ0n) is 42.8. The van der Waals surface area contributed by atoms with Gasteiger partial charge in [-0.25, -0.2) is 0 Å². The number of aliphatic imine (C=N–C) groups is 1. The van der Waals surface area contributed by atoms with E-state index in [1.807, 2.05) is 6.26 Å². The SMILES string of the molecule is CSCC[C@H](NC(=O)[C@@H](N)C(C)C)C(=O)N[C@@H](CCCN=C(N)N)C(=O)N[C@@H](CCC(N)=O)C(=O)N[C@H](C(=O)N[C@@H](Cc1ccccc1)C(=O)N[C@@H](Cc1ccccc1)C(=O)NCC(=O)N[C@@H](C)C(=O)O)C(C)C. The van der Waals surface area contributed by atoms with Crippen molar-refractivity contribution in [2.24, 2.45) is 39.8 Å². The molecule has 2 aromatic carbocycles. The first kappa shape index (κ1) is 62.8. The first-order valence-corrected chi connectivity index (χ1v) is 25.6. The Balaban J connectivity index is 2.47. The molecule has 0 fully saturated rings. The standard InChI is InChI=1S/C49H75N13O11S/c1-27(2)39(51)46(70)59-34(21-23-74-6)43(67)57-32(18-13-22-54-49(52)53)42(66)58-33(19-20-37(50)63)44(68)62-40(28(3)4)47(71)61-36(25-31-16-11-8-12-17-31)45(69)60-35(24-30-14-9-7-10-15-30)41(65)55-26-38(64)56-29(5)48(72)73/h7-12,14-17,27-29,32-36,39-40H,13,18-26,51H2,1-6H3,(H2,50,63)(H,55,65)(H,56,64)(H,57,67)(H,58,66)(H,59,70)(H,60,69)(H,61,71)(H,62,68)(H,72,73)(H4,52,53,54)/t29-,32-,33-,34-,35-,36-,39-,40-/m0/s1. The van der Waals surface area contributed by atoms with Gasteiger partial charge >= 0.3 is 5.97 Å². The minimum absolute atomic E-state index is 0.0512. The molecule has 2 rings (SSSR count). The molecular weight excluding hydrogens is 979 g/mol. The van der Waals surface area contributed by atoms with E-state index in [1.54, 1.807) is 88.4 Å². The van der Waals surface area contributed by atoms with E-state index in [4.69, 9.17) is 22.9 Å². The van der Waals surface area contributed by atoms with Gasteiger partial charge in [0.15, 0.2) is 5.96 Å². The lowest BCUT2D eigenvalue weighted by molar-refractivity contribution is -0.141. The molecule has 0 bridgehead atoms. The Morgan fingerprint density at radius 3 is 1.51 bits per heavy atom. The number of nitrogens with two attached hydrogens (primary N) is 4. The lowest BCUT2D eigenvalue weighted by Gasteiger charge is -2.29. The molecule has 0 unspecified atom stereocenters. The van der Waals surface area contributed by atoms with Crippen molar-refractivity contribution in [3.8, 4) is 0 Å². The minimum atomic E-state index is -1.51. The van der Waals surface area contributed by atoms with Crippen molar-refractivity contribution in [3.63, 3.8) is 0 Å². The van der Waals surface area contributed by atoms with Crippen LogP contribution in [0.4, 0.5) is 0 Å². The number of guanidine groups is 1. The van der Waals surface area contributed by atoms with Gasteiger partial charge in [-0.3, -0.25) is 52.9 Å². The molecule has 17 N–H and O–H groups in total. The molecule has 0 aliphatic carbocycles. The van der Waals surface area contributed by atoms with Crippen LogP contribution in [0.3, 0.4) is 0 Å². The molecule has 25 heteroatoms. The van der Waals surface area contributed by atoms with Crippen molar-refractivity contribution in [1.82, 2.24) is 42.5 Å². The number of hydrogen-bond acceptors (Lipinski definition) is 13. The van der Waals surface area contributed by atoms with E-state index < -0.39 is 120 Å². The molecule has 0 spiro atoms. The fourth-order valence-corrected chi connectivity index (χ4v) is 7.50. The summed E-state index contributed by atoms with van der Waals surface area (Å²) < 4.78 is 0. The largest absolute Gasteiger partial charge is 0.480 e. The van der Waals surface area contributed by atoms with Gasteiger partial charge in [0.2, 0.25) is 53.2 Å². The number of nitrogens with zero attached hydrogens (tertiary/aromatic N) is 1. The van der Waals surface area contributed by atoms with Crippen LogP contribution in [0.25, 0.3) is 0 Å². The third kappa shape index (κ3) is 23.5. The van der Waals surface area contributed by atoms with Gasteiger partial charge in [-0.1, -0.05) is 88.4 Å². The fraction of sp³-hybridized carbons (Fsp3) is 0.531. The molecular formula is C49H75N13O11S. The number of carbonyl (C=O) groups is 10. The van der Waals surface area contributed by atoms with Gasteiger partial charge in [-0.15, -0.1) is 0 Å². The number of carboxylic acids is 1. The van der Waals surface area contributed by atoms with Gasteiger partial charge in [0, 0.05) is 25.8 Å². The molecule has 2 aromatic rings. The molecule has 8 atom stereocenters. The number of thioether (sulfide) groups is 1. The van der Waals surface area contributed by atoms with E-state index in [0.717, 1.165) is 0 Å². The highest BCUT2D eigenvalue weighted by molar-refractivity contribution is 7.98. The van der Waals surface area contributed by atoms with Crippen LogP contribution >= 0.6 is 11.8 Å². The molecule has 9 amide bonds. The second-order valence-corrected chi connectivity index (χ2v) is 19.3. The maximum atomic E-state index is 14.3. The summed E-state index contributed by atoms with van der Waals surface area (Å²) in [5.41, 5.74) is 23.7. The maximum absolute atomic E-state index is 14.3. The van der Waals surface area contributed by atoms with Gasteiger partial charge in [0.25, 0.3) is 0 Å². The molecule has 0 aliphatic rings. The molecule has 0 saturated heterocycles. The smallest absolute Gasteiger partial charge is 0.325 e. The van der Waals surface area contributed by atoms with Crippen molar-refractivity contribution in [2.45, 2.75) is 128 Å². The number of rotatable bonds is 33. The first-order chi connectivity index (χ1) is 34.9. The number of hydrogen-bond donors (Lipinski definition) is 13. The van der Waals surface area contributed by atoms with Crippen molar-refractivity contribution in [1.29, 1.82) is 0 Å². The Hall–Kier alpha value is -7.28. The Kier molecular flexibility index (Phi) is 27.8. The van der Waals surface area contributed by atoms with E-state index in [-0.39, 0.29) is 63.4 Å². The van der Waals surface area contributed by atoms with Crippen LogP contribution in [0.15, 0.2) is 65.7 Å². The predicted octanol–water partition coefficient (Wildman–Crippen LogP) is -2.20. The normalized spacial score (nSPS) is 14.2. The third-order valence-corrected chi connectivity index (χ3v) is 12.0. The minimum Gasteiger partial charge on any atom is -0.480 e. The van der Waals surface area contributed by atoms with Crippen molar-refractivity contribution < 1.29 is 53.1 Å². The number of carbonyl (C=O) groups excluding carboxylic acids is 9. The Bertz CT molecular complexity index is 2230. The van der Waals surface area contributed by atoms with Crippen LogP contribution in [-0.4, -0.2) is 144 Å². The fourth-order valence-electron chi connectivity index (χ4n) is 7.03. The number of carboxylic acid groups (broad SMARTS) is 1. The molecule has 74 heavy (non-hydrogen) atoms. The van der Waals surface area contributed by atoms with E-state index >= 15 is 0 Å². The van der Waals surface area contributed by atoms with E-state index in [0.29, 0.717) is 16.9 Å². The Labute approximate surface area is 435 Å². The Morgan fingerprint density at radius 1 is 0.568 bits per heavy atom. The number of benzene rings is 2. The summed E-state index contributed by atoms with van der Waals surface area (Å²) in [6.45, 7) is 7.42. The first-order valence-electron chi connectivity index (χ1n) is 24.2. The summed E-state index contributed by atoms with van der Waals surface area (Å²) >= 11 is 1.42. The van der Waals surface area contributed by atoms with Crippen LogP contribution in [0, 0.1) is 11.8 Å². The molecule has 0 aliphatic heterocycles. The van der Waals surface area contributed by atoms with Gasteiger partial charge < -0.3 is 70.6 Å². The molecule has 24 nitrogen and oxygen atoms in total. The van der Waals surface area contributed by atoms with Crippen LogP contribution in [0.2, 0.25) is 0 Å². The summed E-state index contributed by atoms with van der Waals surface area (Å²) in [6, 6.07) is 7.11. The number of primary amides is 1. The van der Waals surface area contributed by atoms with Gasteiger partial charge in [0.1, 0.15) is 42.3 Å². The molecule has 0 heterocycles. The number of aliphatic carboxylic acids is 1. The van der Waals surface area contributed by atoms with Crippen molar-refractivity contribution >= 4 is 76.9 Å². The van der Waals surface area contributed by atoms with E-state index in [9.17, 15) is 53.1 Å². The molecule has 0 aromatic heterocycles. The average molecular weight is 1050 g/mol. The van der Waals surface area contributed by atoms with E-state index in [2.05, 4.69) is 47.5 Å². The van der Waals surface area contributed by atoms with E-state index in [1.165, 1.54) is 18.7 Å². The van der Waals surface area contributed by atoms with Crippen molar-refractivity contribution in [2.75, 3.05) is 25.1 Å².